The first-order valence-electron chi connectivity index (χ1n) is 14.5. The first-order chi connectivity index (χ1) is 20.6. The molecule has 1 N–H and O–H groups in total. The van der Waals surface area contributed by atoms with Crippen LogP contribution in [0.3, 0.4) is 0 Å². The summed E-state index contributed by atoms with van der Waals surface area (Å²) >= 11 is 1.02. The zero-order valence-electron chi connectivity index (χ0n) is 25.2. The Morgan fingerprint density at radius 1 is 0.977 bits per heavy atom. The van der Waals surface area contributed by atoms with E-state index in [1.54, 1.807) is 26.0 Å². The molecule has 0 spiro atoms. The number of ether oxygens (including phenoxy) is 1. The molecular formula is C34H37F2N3O3S. The number of carbonyl (C=O) groups is 2. The van der Waals surface area contributed by atoms with Crippen LogP contribution in [0.1, 0.15) is 53.4 Å². The Bertz CT molecular complexity index is 1650. The van der Waals surface area contributed by atoms with Crippen LogP contribution in [0.15, 0.2) is 54.6 Å². The standard InChI is InChI=1S/C34H37F2N3O3S/c1-20-31-28(35)15-16-29(36)33(31)43-32(20)34(41)39(27-13-9-25(37-3)10-14-27)19-24-18-23(8-17-30(24)42-5)22-6-11-26(12-7-22)38(4)21(2)40/h6-8,11-12,15-18,25,27,37H,9-10,13-14,19H2,1-5H3. The van der Waals surface area contributed by atoms with Crippen LogP contribution >= 0.6 is 11.3 Å². The summed E-state index contributed by atoms with van der Waals surface area (Å²) in [5.74, 6) is -0.676. The molecule has 1 saturated carbocycles. The molecule has 1 aromatic heterocycles. The minimum Gasteiger partial charge on any atom is -0.496 e. The Morgan fingerprint density at radius 3 is 2.23 bits per heavy atom. The average Bonchev–Trinajstić information content (AvgIpc) is 3.39. The highest BCUT2D eigenvalue weighted by atomic mass is 32.1. The number of hydrogen-bond donors (Lipinski definition) is 1. The highest BCUT2D eigenvalue weighted by Crippen LogP contribution is 2.38. The van der Waals surface area contributed by atoms with Crippen molar-refractivity contribution in [3.63, 3.8) is 0 Å². The normalized spacial score (nSPS) is 16.7. The van der Waals surface area contributed by atoms with Crippen LogP contribution < -0.4 is 15.0 Å². The Balaban J connectivity index is 1.53. The topological polar surface area (TPSA) is 61.9 Å². The SMILES string of the molecule is CNC1CCC(N(Cc2cc(-c3ccc(N(C)C(C)=O)cc3)ccc2OC)C(=O)c2sc3c(F)ccc(F)c3c2C)CC1. The minimum atomic E-state index is -0.528. The van der Waals surface area contributed by atoms with Crippen LogP contribution in [0.4, 0.5) is 14.5 Å². The number of nitrogens with one attached hydrogen (secondary N) is 1. The summed E-state index contributed by atoms with van der Waals surface area (Å²) in [6, 6.07) is 16.2. The summed E-state index contributed by atoms with van der Waals surface area (Å²) in [4.78, 5) is 29.9. The fourth-order valence-electron chi connectivity index (χ4n) is 5.98. The summed E-state index contributed by atoms with van der Waals surface area (Å²) in [5, 5.41) is 3.52. The third kappa shape index (κ3) is 6.15. The Hall–Kier alpha value is -3.82. The van der Waals surface area contributed by atoms with Crippen molar-refractivity contribution >= 4 is 38.9 Å². The Kier molecular flexibility index (Phi) is 9.13. The van der Waals surface area contributed by atoms with E-state index in [0.717, 1.165) is 71.5 Å². The van der Waals surface area contributed by atoms with Crippen molar-refractivity contribution in [2.75, 3.05) is 26.1 Å². The third-order valence-corrected chi connectivity index (χ3v) is 9.95. The highest BCUT2D eigenvalue weighted by molar-refractivity contribution is 7.21. The van der Waals surface area contributed by atoms with Gasteiger partial charge >= 0.3 is 0 Å². The van der Waals surface area contributed by atoms with Gasteiger partial charge in [0.25, 0.3) is 5.91 Å². The summed E-state index contributed by atoms with van der Waals surface area (Å²) in [6.45, 7) is 3.50. The van der Waals surface area contributed by atoms with Crippen molar-refractivity contribution < 1.29 is 23.1 Å². The van der Waals surface area contributed by atoms with Crippen molar-refractivity contribution in [3.05, 3.63) is 82.2 Å². The van der Waals surface area contributed by atoms with Gasteiger partial charge in [-0.25, -0.2) is 8.78 Å². The van der Waals surface area contributed by atoms with Crippen molar-refractivity contribution in [2.45, 2.75) is 58.2 Å². The second-order valence-electron chi connectivity index (χ2n) is 11.2. The van der Waals surface area contributed by atoms with E-state index in [9.17, 15) is 18.4 Å². The van der Waals surface area contributed by atoms with Crippen LogP contribution in [-0.2, 0) is 11.3 Å². The van der Waals surface area contributed by atoms with Crippen molar-refractivity contribution in [2.24, 2.45) is 0 Å². The summed E-state index contributed by atoms with van der Waals surface area (Å²) in [5.41, 5.74) is 4.01. The number of fused-ring (bicyclic) bond motifs is 1. The third-order valence-electron chi connectivity index (χ3n) is 8.66. The molecule has 9 heteroatoms. The smallest absolute Gasteiger partial charge is 0.264 e. The number of halogens is 2. The molecule has 43 heavy (non-hydrogen) atoms. The molecule has 0 aliphatic heterocycles. The van der Waals surface area contributed by atoms with E-state index in [2.05, 4.69) is 5.32 Å². The lowest BCUT2D eigenvalue weighted by Gasteiger charge is -2.37. The van der Waals surface area contributed by atoms with E-state index in [4.69, 9.17) is 4.74 Å². The summed E-state index contributed by atoms with van der Waals surface area (Å²) in [6.07, 6.45) is 3.49. The molecule has 0 bridgehead atoms. The van der Waals surface area contributed by atoms with Crippen LogP contribution in [0.25, 0.3) is 21.2 Å². The molecule has 0 atom stereocenters. The second-order valence-corrected chi connectivity index (χ2v) is 12.2. The summed E-state index contributed by atoms with van der Waals surface area (Å²) in [7, 11) is 5.30. The number of thiophene rings is 1. The van der Waals surface area contributed by atoms with Crippen LogP contribution in [-0.4, -0.2) is 50.0 Å². The molecule has 0 unspecified atom stereocenters. The van der Waals surface area contributed by atoms with E-state index in [-0.39, 0.29) is 34.5 Å². The molecule has 2 amide bonds. The Labute approximate surface area is 255 Å². The van der Waals surface area contributed by atoms with Gasteiger partial charge in [0.15, 0.2) is 0 Å². The molecule has 5 rings (SSSR count). The van der Waals surface area contributed by atoms with Gasteiger partial charge in [-0.05, 0) is 92.7 Å². The van der Waals surface area contributed by atoms with E-state index in [1.807, 2.05) is 54.4 Å². The maximum atomic E-state index is 14.8. The minimum absolute atomic E-state index is 0.0360. The zero-order valence-corrected chi connectivity index (χ0v) is 26.0. The highest BCUT2D eigenvalue weighted by Gasteiger charge is 2.32. The molecule has 226 valence electrons. The second kappa shape index (κ2) is 12.8. The monoisotopic (exact) mass is 605 g/mol. The maximum absolute atomic E-state index is 14.8. The number of rotatable bonds is 8. The van der Waals surface area contributed by atoms with Gasteiger partial charge in [0.1, 0.15) is 17.4 Å². The molecule has 1 aliphatic rings. The largest absolute Gasteiger partial charge is 0.496 e. The number of carbonyl (C=O) groups excluding carboxylic acids is 2. The maximum Gasteiger partial charge on any atom is 0.264 e. The molecule has 3 aromatic carbocycles. The van der Waals surface area contributed by atoms with Gasteiger partial charge in [0.2, 0.25) is 5.91 Å². The van der Waals surface area contributed by atoms with E-state index in [0.29, 0.717) is 22.2 Å². The number of nitrogens with zero attached hydrogens (tertiary/aromatic N) is 2. The molecule has 4 aromatic rings. The first kappa shape index (κ1) is 30.6. The van der Waals surface area contributed by atoms with E-state index >= 15 is 0 Å². The fraction of sp³-hybridized carbons (Fsp3) is 0.353. The molecular weight excluding hydrogens is 568 g/mol. The van der Waals surface area contributed by atoms with Crippen LogP contribution in [0.2, 0.25) is 0 Å². The zero-order chi connectivity index (χ0) is 30.8. The number of methoxy groups -OCH3 is 1. The molecule has 1 fully saturated rings. The van der Waals surface area contributed by atoms with Crippen molar-refractivity contribution in [1.82, 2.24) is 10.2 Å². The predicted molar refractivity (Wildman–Crippen MR) is 169 cm³/mol. The predicted octanol–water partition coefficient (Wildman–Crippen LogP) is 7.32. The van der Waals surface area contributed by atoms with Crippen LogP contribution in [0, 0.1) is 18.6 Å². The number of amides is 2. The van der Waals surface area contributed by atoms with Gasteiger partial charge in [0.05, 0.1) is 16.7 Å². The summed E-state index contributed by atoms with van der Waals surface area (Å²) < 4.78 is 35.4. The molecule has 1 heterocycles. The number of hydrogen-bond acceptors (Lipinski definition) is 5. The van der Waals surface area contributed by atoms with Gasteiger partial charge in [-0.1, -0.05) is 18.2 Å². The fourth-order valence-corrected chi connectivity index (χ4v) is 7.16. The number of benzene rings is 3. The molecule has 1 aliphatic carbocycles. The van der Waals surface area contributed by atoms with Crippen LogP contribution in [0.5, 0.6) is 5.75 Å². The lowest BCUT2D eigenvalue weighted by molar-refractivity contribution is -0.116. The van der Waals surface area contributed by atoms with E-state index < -0.39 is 11.6 Å². The van der Waals surface area contributed by atoms with Gasteiger partial charge < -0.3 is 19.9 Å². The number of aryl methyl sites for hydroxylation is 1. The van der Waals surface area contributed by atoms with Gasteiger partial charge in [-0.15, -0.1) is 11.3 Å². The van der Waals surface area contributed by atoms with Gasteiger partial charge in [0, 0.05) is 49.2 Å². The lowest BCUT2D eigenvalue weighted by atomic mass is 9.89. The van der Waals surface area contributed by atoms with E-state index in [1.165, 1.54) is 6.92 Å². The quantitative estimate of drug-likeness (QED) is 0.229. The first-order valence-corrected chi connectivity index (χ1v) is 15.3. The number of anilines is 1. The van der Waals surface area contributed by atoms with Crippen molar-refractivity contribution in [3.8, 4) is 16.9 Å². The molecule has 0 saturated heterocycles. The van der Waals surface area contributed by atoms with Gasteiger partial charge in [-0.3, -0.25) is 9.59 Å². The van der Waals surface area contributed by atoms with Gasteiger partial charge in [-0.2, -0.15) is 0 Å². The molecule has 0 radical (unpaired) electrons. The van der Waals surface area contributed by atoms with Crippen molar-refractivity contribution in [1.29, 1.82) is 0 Å². The average molecular weight is 606 g/mol. The lowest BCUT2D eigenvalue weighted by Crippen LogP contribution is -2.44. The Morgan fingerprint density at radius 2 is 1.63 bits per heavy atom. The molecule has 6 nitrogen and oxygen atoms in total.